The number of hydrogen-bond donors (Lipinski definition) is 1. The summed E-state index contributed by atoms with van der Waals surface area (Å²) in [7, 11) is 0. The zero-order valence-electron chi connectivity index (χ0n) is 9.66. The molecular formula is C12H9Br3N2O2. The summed E-state index contributed by atoms with van der Waals surface area (Å²) < 4.78 is 2.36. The molecule has 0 saturated carbocycles. The van der Waals surface area contributed by atoms with Gasteiger partial charge in [0.05, 0.1) is 0 Å². The van der Waals surface area contributed by atoms with Crippen LogP contribution in [0.3, 0.4) is 0 Å². The Hall–Kier alpha value is -0.530. The molecule has 1 aromatic rings. The molecule has 100 valence electrons. The second-order valence-corrected chi connectivity index (χ2v) is 6.61. The van der Waals surface area contributed by atoms with Crippen molar-refractivity contribution in [2.75, 3.05) is 0 Å². The molecule has 1 aliphatic rings. The fraction of sp³-hybridized carbons (Fsp3) is 0.250. The molecule has 7 heteroatoms. The first-order valence-corrected chi connectivity index (χ1v) is 7.88. The van der Waals surface area contributed by atoms with Crippen molar-refractivity contribution in [1.82, 2.24) is 0 Å². The van der Waals surface area contributed by atoms with Crippen LogP contribution in [0.15, 0.2) is 47.2 Å². The number of carbonyl (C=O) groups is 1. The van der Waals surface area contributed by atoms with E-state index in [0.717, 1.165) is 13.4 Å². The fourth-order valence-corrected chi connectivity index (χ4v) is 4.08. The third-order valence-electron chi connectivity index (χ3n) is 2.59. The molecule has 0 radical (unpaired) electrons. The first kappa shape index (κ1) is 14.9. The minimum absolute atomic E-state index is 0.0179. The molecular weight excluding hydrogens is 444 g/mol. The van der Waals surface area contributed by atoms with Crippen LogP contribution in [0, 0.1) is 0 Å². The highest BCUT2D eigenvalue weighted by Crippen LogP contribution is 2.37. The lowest BCUT2D eigenvalue weighted by Gasteiger charge is -2.10. The SMILES string of the molecule is O=C1CCCC(O)=C1N=Nc1c(Br)cc(Br)cc1Br. The van der Waals surface area contributed by atoms with E-state index in [9.17, 15) is 9.90 Å². The number of carbonyl (C=O) groups excluding carboxylic acids is 1. The normalized spacial score (nSPS) is 16.5. The van der Waals surface area contributed by atoms with Gasteiger partial charge in [-0.15, -0.1) is 10.2 Å². The van der Waals surface area contributed by atoms with Crippen LogP contribution in [-0.2, 0) is 4.79 Å². The number of aliphatic hydroxyl groups excluding tert-OH is 1. The summed E-state index contributed by atoms with van der Waals surface area (Å²) in [5.41, 5.74) is 0.634. The molecule has 2 rings (SSSR count). The van der Waals surface area contributed by atoms with Gasteiger partial charge in [-0.2, -0.15) is 0 Å². The van der Waals surface area contributed by atoms with Gasteiger partial charge in [0.15, 0.2) is 11.5 Å². The lowest BCUT2D eigenvalue weighted by molar-refractivity contribution is -0.116. The Morgan fingerprint density at radius 3 is 2.26 bits per heavy atom. The summed E-state index contributed by atoms with van der Waals surface area (Å²) in [5.74, 6) is -0.152. The maximum atomic E-state index is 11.6. The third kappa shape index (κ3) is 3.52. The molecule has 0 fully saturated rings. The molecule has 0 spiro atoms. The van der Waals surface area contributed by atoms with E-state index in [4.69, 9.17) is 0 Å². The van der Waals surface area contributed by atoms with E-state index >= 15 is 0 Å². The average Bonchev–Trinajstić information content (AvgIpc) is 2.31. The van der Waals surface area contributed by atoms with E-state index in [0.29, 0.717) is 24.9 Å². The number of benzene rings is 1. The topological polar surface area (TPSA) is 62.0 Å². The molecule has 0 aromatic heterocycles. The van der Waals surface area contributed by atoms with Gasteiger partial charge in [0.1, 0.15) is 11.4 Å². The molecule has 0 saturated heterocycles. The molecule has 0 heterocycles. The van der Waals surface area contributed by atoms with Gasteiger partial charge < -0.3 is 5.11 Å². The van der Waals surface area contributed by atoms with E-state index in [1.165, 1.54) is 0 Å². The first-order chi connectivity index (χ1) is 8.99. The third-order valence-corrected chi connectivity index (χ3v) is 4.25. The minimum Gasteiger partial charge on any atom is -0.510 e. The molecule has 4 nitrogen and oxygen atoms in total. The summed E-state index contributed by atoms with van der Waals surface area (Å²) in [4.78, 5) is 11.6. The van der Waals surface area contributed by atoms with Gasteiger partial charge in [-0.25, -0.2) is 0 Å². The predicted molar refractivity (Wildman–Crippen MR) is 82.6 cm³/mol. The van der Waals surface area contributed by atoms with Gasteiger partial charge in [-0.3, -0.25) is 4.79 Å². The molecule has 1 aliphatic carbocycles. The zero-order chi connectivity index (χ0) is 14.0. The van der Waals surface area contributed by atoms with Gasteiger partial charge in [0.25, 0.3) is 0 Å². The number of hydrogen-bond acceptors (Lipinski definition) is 4. The molecule has 19 heavy (non-hydrogen) atoms. The monoisotopic (exact) mass is 450 g/mol. The molecule has 1 N–H and O–H groups in total. The van der Waals surface area contributed by atoms with E-state index in [1.54, 1.807) is 0 Å². The number of allylic oxidation sites excluding steroid dienone is 2. The Balaban J connectivity index is 2.36. The van der Waals surface area contributed by atoms with Crippen molar-refractivity contribution in [3.8, 4) is 0 Å². The Kier molecular flexibility index (Phi) is 4.92. The van der Waals surface area contributed by atoms with Crippen molar-refractivity contribution in [3.05, 3.63) is 37.0 Å². The van der Waals surface area contributed by atoms with Crippen molar-refractivity contribution >= 4 is 59.3 Å². The summed E-state index contributed by atoms with van der Waals surface area (Å²) in [6.45, 7) is 0. The largest absolute Gasteiger partial charge is 0.510 e. The smallest absolute Gasteiger partial charge is 0.186 e. The summed E-state index contributed by atoms with van der Waals surface area (Å²) in [6, 6.07) is 3.66. The number of rotatable bonds is 2. The maximum Gasteiger partial charge on any atom is 0.186 e. The van der Waals surface area contributed by atoms with E-state index in [1.807, 2.05) is 12.1 Å². The van der Waals surface area contributed by atoms with Crippen molar-refractivity contribution in [3.63, 3.8) is 0 Å². The molecule has 0 bridgehead atoms. The lowest BCUT2D eigenvalue weighted by Crippen LogP contribution is -2.09. The highest BCUT2D eigenvalue weighted by molar-refractivity contribution is 9.11. The maximum absolute atomic E-state index is 11.6. The Bertz CT molecular complexity index is 574. The van der Waals surface area contributed by atoms with E-state index < -0.39 is 0 Å². The zero-order valence-corrected chi connectivity index (χ0v) is 14.4. The van der Waals surface area contributed by atoms with E-state index in [2.05, 4.69) is 58.0 Å². The number of azo groups is 1. The van der Waals surface area contributed by atoms with Crippen LogP contribution in [0.1, 0.15) is 19.3 Å². The summed E-state index contributed by atoms with van der Waals surface area (Å²) >= 11 is 10.1. The van der Waals surface area contributed by atoms with Crippen LogP contribution < -0.4 is 0 Å². The molecule has 1 aromatic carbocycles. The summed E-state index contributed by atoms with van der Waals surface area (Å²) in [6.07, 6.45) is 1.54. The number of aliphatic hydroxyl groups is 1. The highest BCUT2D eigenvalue weighted by atomic mass is 79.9. The fourth-order valence-electron chi connectivity index (χ4n) is 1.66. The number of halogens is 3. The predicted octanol–water partition coefficient (Wildman–Crippen LogP) is 5.58. The first-order valence-electron chi connectivity index (χ1n) is 5.50. The number of nitrogens with zero attached hydrogens (tertiary/aromatic N) is 2. The second-order valence-electron chi connectivity index (χ2n) is 3.99. The van der Waals surface area contributed by atoms with Gasteiger partial charge in [0, 0.05) is 26.3 Å². The molecule has 0 atom stereocenters. The van der Waals surface area contributed by atoms with E-state index in [-0.39, 0.29) is 17.2 Å². The Morgan fingerprint density at radius 1 is 1.05 bits per heavy atom. The van der Waals surface area contributed by atoms with Crippen LogP contribution in [0.25, 0.3) is 0 Å². The number of ketones is 1. The van der Waals surface area contributed by atoms with Crippen molar-refractivity contribution in [2.24, 2.45) is 10.2 Å². The van der Waals surface area contributed by atoms with Gasteiger partial charge >= 0.3 is 0 Å². The van der Waals surface area contributed by atoms with Gasteiger partial charge in [-0.05, 0) is 50.4 Å². The quantitative estimate of drug-likeness (QED) is 0.595. The minimum atomic E-state index is -0.170. The molecule has 0 amide bonds. The Morgan fingerprint density at radius 2 is 1.68 bits per heavy atom. The number of Topliss-reactive ketones (excluding diaryl/α,β-unsaturated/α-hetero) is 1. The second kappa shape index (κ2) is 6.28. The molecule has 0 aliphatic heterocycles. The van der Waals surface area contributed by atoms with Gasteiger partial charge in [-0.1, -0.05) is 15.9 Å². The highest BCUT2D eigenvalue weighted by Gasteiger charge is 2.20. The van der Waals surface area contributed by atoms with Gasteiger partial charge in [0.2, 0.25) is 0 Å². The van der Waals surface area contributed by atoms with Crippen molar-refractivity contribution in [2.45, 2.75) is 19.3 Å². The average molecular weight is 453 g/mol. The van der Waals surface area contributed by atoms with Crippen LogP contribution in [0.2, 0.25) is 0 Å². The summed E-state index contributed by atoms with van der Waals surface area (Å²) in [5, 5.41) is 17.6. The standard InChI is InChI=1S/C12H9Br3N2O2/c13-6-4-7(14)11(8(15)5-6)16-17-12-9(18)2-1-3-10(12)19/h4-5,18H,1-3H2. The Labute approximate surface area is 135 Å². The van der Waals surface area contributed by atoms with Crippen LogP contribution in [0.5, 0.6) is 0 Å². The molecule has 0 unspecified atom stereocenters. The van der Waals surface area contributed by atoms with Crippen molar-refractivity contribution < 1.29 is 9.90 Å². The van der Waals surface area contributed by atoms with Crippen LogP contribution in [0.4, 0.5) is 5.69 Å². The van der Waals surface area contributed by atoms with Crippen molar-refractivity contribution in [1.29, 1.82) is 0 Å². The van der Waals surface area contributed by atoms with Crippen LogP contribution >= 0.6 is 47.8 Å². The lowest BCUT2D eigenvalue weighted by atomic mass is 10.0. The van der Waals surface area contributed by atoms with Crippen LogP contribution in [-0.4, -0.2) is 10.9 Å².